The third-order valence-corrected chi connectivity index (χ3v) is 13.3. The van der Waals surface area contributed by atoms with E-state index in [0.29, 0.717) is 76.2 Å². The van der Waals surface area contributed by atoms with Crippen LogP contribution in [0.25, 0.3) is 32.7 Å². The number of aromatic hydroxyl groups is 1. The van der Waals surface area contributed by atoms with Gasteiger partial charge in [0.15, 0.2) is 0 Å². The lowest BCUT2D eigenvalue weighted by atomic mass is 9.89. The Morgan fingerprint density at radius 1 is 0.583 bits per heavy atom. The number of anilines is 1. The monoisotopic (exact) mass is 831 g/mol. The molecule has 0 amide bonds. The van der Waals surface area contributed by atoms with Crippen LogP contribution in [0.2, 0.25) is 0 Å². The quantitative estimate of drug-likeness (QED) is 0.112. The van der Waals surface area contributed by atoms with Gasteiger partial charge in [0, 0.05) is 133 Å². The number of morpholine rings is 2. The molecule has 0 spiro atoms. The Morgan fingerprint density at radius 2 is 1.10 bits per heavy atom. The van der Waals surface area contributed by atoms with Gasteiger partial charge in [-0.3, -0.25) is 38.3 Å². The number of hydrogen-bond acceptors (Lipinski definition) is 14. The van der Waals surface area contributed by atoms with E-state index >= 15 is 0 Å². The highest BCUT2D eigenvalue weighted by molar-refractivity contribution is 6.18. The van der Waals surface area contributed by atoms with Gasteiger partial charge in [0.25, 0.3) is 16.7 Å². The van der Waals surface area contributed by atoms with Crippen LogP contribution in [-0.2, 0) is 22.6 Å². The SMILES string of the molecule is CN1CCN(CCCn2c(O)c3cc(NCCCN4CCOCC4)c4c5c3c(c(=NCCCN3CCOCC3)cc-5c(=O)n(CCCN3CCN(C)CC3)c4=O)c2=O)CC1. The van der Waals surface area contributed by atoms with Gasteiger partial charge in [-0.25, -0.2) is 0 Å². The van der Waals surface area contributed by atoms with Gasteiger partial charge in [-0.05, 0) is 71.5 Å². The lowest BCUT2D eigenvalue weighted by Crippen LogP contribution is -2.45. The topological polar surface area (TPSA) is 144 Å². The molecule has 6 aliphatic rings. The fourth-order valence-corrected chi connectivity index (χ4v) is 9.55. The first-order valence-corrected chi connectivity index (χ1v) is 22.5. The van der Waals surface area contributed by atoms with Crippen LogP contribution in [0.3, 0.4) is 0 Å². The first-order valence-electron chi connectivity index (χ1n) is 22.5. The Balaban J connectivity index is 1.20. The third kappa shape index (κ3) is 9.65. The van der Waals surface area contributed by atoms with Crippen LogP contribution in [0.4, 0.5) is 5.69 Å². The summed E-state index contributed by atoms with van der Waals surface area (Å²) in [5, 5.41) is 17.8. The number of aromatic nitrogens is 2. The lowest BCUT2D eigenvalue weighted by molar-refractivity contribution is 0.0377. The zero-order valence-electron chi connectivity index (χ0n) is 36.0. The Labute approximate surface area is 352 Å². The van der Waals surface area contributed by atoms with Crippen molar-refractivity contribution in [3.8, 4) is 17.0 Å². The first kappa shape index (κ1) is 42.9. The van der Waals surface area contributed by atoms with Gasteiger partial charge in [0.1, 0.15) is 0 Å². The van der Waals surface area contributed by atoms with Crippen LogP contribution >= 0.6 is 0 Å². The number of nitrogens with zero attached hydrogens (tertiary/aromatic N) is 9. The molecule has 0 unspecified atom stereocenters. The highest BCUT2D eigenvalue weighted by Crippen LogP contribution is 2.40. The van der Waals surface area contributed by atoms with Crippen molar-refractivity contribution in [2.24, 2.45) is 4.99 Å². The molecule has 2 N–H and O–H groups in total. The lowest BCUT2D eigenvalue weighted by Gasteiger charge is -2.32. The molecule has 1 aliphatic carbocycles. The van der Waals surface area contributed by atoms with Crippen molar-refractivity contribution >= 4 is 27.2 Å². The zero-order valence-corrected chi connectivity index (χ0v) is 36.0. The van der Waals surface area contributed by atoms with Gasteiger partial charge in [0.05, 0.1) is 48.1 Å². The van der Waals surface area contributed by atoms with E-state index in [0.717, 1.165) is 144 Å². The molecule has 328 valence electrons. The summed E-state index contributed by atoms with van der Waals surface area (Å²) >= 11 is 0. The fourth-order valence-electron chi connectivity index (χ4n) is 9.55. The van der Waals surface area contributed by atoms with E-state index in [1.54, 1.807) is 6.07 Å². The molecule has 4 fully saturated rings. The third-order valence-electron chi connectivity index (χ3n) is 13.3. The Kier molecular flexibility index (Phi) is 14.3. The van der Waals surface area contributed by atoms with E-state index in [2.05, 4.69) is 48.8 Å². The molecule has 8 rings (SSSR count). The van der Waals surface area contributed by atoms with E-state index in [9.17, 15) is 19.5 Å². The minimum atomic E-state index is -0.376. The fraction of sp³-hybridized carbons (Fsp3) is 0.682. The number of benzene rings is 2. The number of likely N-dealkylation sites (N-methyl/N-ethyl adjacent to an activating group) is 2. The molecule has 2 aromatic rings. The van der Waals surface area contributed by atoms with Crippen molar-refractivity contribution in [2.75, 3.05) is 164 Å². The van der Waals surface area contributed by atoms with Gasteiger partial charge in [0.2, 0.25) is 5.88 Å². The minimum absolute atomic E-state index is 0.140. The number of nitrogens with one attached hydrogen (secondary N) is 1. The van der Waals surface area contributed by atoms with Gasteiger partial charge in [-0.1, -0.05) is 0 Å². The smallest absolute Gasteiger partial charge is 0.263 e. The standard InChI is InChI=1S/C44H66N10O6/c1-47-15-19-49(20-16-47)11-5-13-53-41(55)33-31-36(46-8-4-10-52-25-29-60-30-26-52)40-38-34(42(56)54(44(40)58)14-6-12-50-21-17-48(2)18-22-50)32-35(39(37(33)38)43(53)57)45-7-3-9-51-23-27-59-28-24-51/h31-32,45,56H,3-30H2,1-2H3. The summed E-state index contributed by atoms with van der Waals surface area (Å²) in [6.07, 6.45) is 2.96. The van der Waals surface area contributed by atoms with Crippen molar-refractivity contribution in [2.45, 2.75) is 38.8 Å². The van der Waals surface area contributed by atoms with Crippen LogP contribution in [0.1, 0.15) is 25.7 Å². The molecule has 60 heavy (non-hydrogen) atoms. The number of pyridine rings is 2. The second-order valence-electron chi connectivity index (χ2n) is 17.4. The Hall–Kier alpha value is -3.74. The largest absolute Gasteiger partial charge is 0.494 e. The van der Waals surface area contributed by atoms with Crippen molar-refractivity contribution in [3.05, 3.63) is 48.6 Å². The average molecular weight is 831 g/mol. The zero-order chi connectivity index (χ0) is 41.6. The molecule has 6 heterocycles. The highest BCUT2D eigenvalue weighted by atomic mass is 16.5. The summed E-state index contributed by atoms with van der Waals surface area (Å²) in [5.41, 5.74) is 0.283. The Bertz CT molecular complexity index is 2240. The van der Waals surface area contributed by atoms with Crippen molar-refractivity contribution in [3.63, 3.8) is 0 Å². The summed E-state index contributed by atoms with van der Waals surface area (Å²) in [7, 11) is 4.27. The van der Waals surface area contributed by atoms with Gasteiger partial charge < -0.3 is 39.5 Å². The van der Waals surface area contributed by atoms with Crippen LogP contribution in [0, 0.1) is 0 Å². The van der Waals surface area contributed by atoms with Gasteiger partial charge in [-0.15, -0.1) is 0 Å². The number of ether oxygens (including phenoxy) is 2. The van der Waals surface area contributed by atoms with E-state index in [-0.39, 0.29) is 29.1 Å². The van der Waals surface area contributed by atoms with Crippen molar-refractivity contribution in [1.82, 2.24) is 38.5 Å². The second-order valence-corrected chi connectivity index (χ2v) is 17.4. The van der Waals surface area contributed by atoms with E-state index in [1.165, 1.54) is 9.13 Å². The van der Waals surface area contributed by atoms with E-state index in [1.807, 2.05) is 6.07 Å². The van der Waals surface area contributed by atoms with Crippen LogP contribution in [0.5, 0.6) is 5.88 Å². The summed E-state index contributed by atoms with van der Waals surface area (Å²) in [5.74, 6) is -0.140. The van der Waals surface area contributed by atoms with Crippen molar-refractivity contribution < 1.29 is 14.6 Å². The molecule has 0 saturated carbocycles. The molecule has 1 aromatic carbocycles. The summed E-state index contributed by atoms with van der Waals surface area (Å²) in [6.45, 7) is 19.3. The predicted molar refractivity (Wildman–Crippen MR) is 237 cm³/mol. The maximum Gasteiger partial charge on any atom is 0.263 e. The van der Waals surface area contributed by atoms with E-state index < -0.39 is 0 Å². The number of hydrogen-bond donors (Lipinski definition) is 2. The normalized spacial score (nSPS) is 20.4. The van der Waals surface area contributed by atoms with Crippen LogP contribution in [-0.4, -0.2) is 202 Å². The number of piperazine rings is 2. The molecule has 16 nitrogen and oxygen atoms in total. The minimum Gasteiger partial charge on any atom is -0.494 e. The first-order chi connectivity index (χ1) is 29.3. The number of rotatable bonds is 17. The molecular formula is C44H66N10O6. The highest BCUT2D eigenvalue weighted by Gasteiger charge is 2.29. The summed E-state index contributed by atoms with van der Waals surface area (Å²) < 4.78 is 14.0. The molecule has 0 radical (unpaired) electrons. The second kappa shape index (κ2) is 20.0. The molecule has 5 aliphatic heterocycles. The maximum atomic E-state index is 14.8. The van der Waals surface area contributed by atoms with E-state index in [4.69, 9.17) is 14.5 Å². The molecule has 0 bridgehead atoms. The summed E-state index contributed by atoms with van der Waals surface area (Å²) in [4.78, 5) is 63.4. The van der Waals surface area contributed by atoms with Gasteiger partial charge in [-0.2, -0.15) is 0 Å². The molecular weight excluding hydrogens is 765 g/mol. The van der Waals surface area contributed by atoms with Gasteiger partial charge >= 0.3 is 0 Å². The van der Waals surface area contributed by atoms with Crippen LogP contribution in [0.15, 0.2) is 31.5 Å². The Morgan fingerprint density at radius 3 is 1.70 bits per heavy atom. The molecule has 4 saturated heterocycles. The molecule has 16 heteroatoms. The van der Waals surface area contributed by atoms with Crippen LogP contribution < -0.4 is 27.4 Å². The molecule has 1 aromatic heterocycles. The molecule has 0 atom stereocenters. The predicted octanol–water partition coefficient (Wildman–Crippen LogP) is 0.395. The maximum absolute atomic E-state index is 14.8. The van der Waals surface area contributed by atoms with Crippen molar-refractivity contribution in [1.29, 1.82) is 0 Å². The summed E-state index contributed by atoms with van der Waals surface area (Å²) in [6, 6.07) is 3.60. The average Bonchev–Trinajstić information content (AvgIpc) is 3.26.